The molecule has 5 heteroatoms. The van der Waals surface area contributed by atoms with Crippen LogP contribution in [0.25, 0.3) is 0 Å². The van der Waals surface area contributed by atoms with Crippen molar-refractivity contribution in [3.8, 4) is 11.5 Å². The number of fused-ring (bicyclic) bond motifs is 3. The van der Waals surface area contributed by atoms with E-state index in [1.54, 1.807) is 26.4 Å². The molecule has 0 spiro atoms. The number of nitrogens with one attached hydrogen (secondary N) is 1. The van der Waals surface area contributed by atoms with Gasteiger partial charge in [-0.3, -0.25) is 0 Å². The second-order valence-electron chi connectivity index (χ2n) is 6.70. The standard InChI is InChI=1S/C21H21NO4/c1-25-14-10-17-15-4-3-5-16(15)19(22-20(17)18(11-14)26-2)12-6-8-13(9-7-12)21(23)24/h3-4,6-11,15-16,19,22H,5H2,1-2H3,(H,23,24)/t15-,16-,19+/m0/s1. The van der Waals surface area contributed by atoms with Crippen molar-refractivity contribution in [1.82, 2.24) is 0 Å². The topological polar surface area (TPSA) is 67.8 Å². The number of hydrogen-bond acceptors (Lipinski definition) is 4. The molecule has 1 aliphatic heterocycles. The van der Waals surface area contributed by atoms with Crippen molar-refractivity contribution in [2.75, 3.05) is 19.5 Å². The zero-order chi connectivity index (χ0) is 18.3. The maximum absolute atomic E-state index is 11.1. The fourth-order valence-electron chi connectivity index (χ4n) is 4.08. The van der Waals surface area contributed by atoms with Crippen LogP contribution in [-0.4, -0.2) is 25.3 Å². The van der Waals surface area contributed by atoms with Crippen molar-refractivity contribution in [3.05, 3.63) is 65.2 Å². The van der Waals surface area contributed by atoms with E-state index in [0.717, 1.165) is 29.2 Å². The molecule has 5 nitrogen and oxygen atoms in total. The lowest BCUT2D eigenvalue weighted by Gasteiger charge is -2.38. The second kappa shape index (κ2) is 6.41. The predicted molar refractivity (Wildman–Crippen MR) is 99.3 cm³/mol. The van der Waals surface area contributed by atoms with Crippen LogP contribution in [0, 0.1) is 5.92 Å². The Morgan fingerprint density at radius 2 is 1.92 bits per heavy atom. The molecule has 134 valence electrons. The van der Waals surface area contributed by atoms with E-state index in [2.05, 4.69) is 23.5 Å². The molecule has 1 aliphatic carbocycles. The van der Waals surface area contributed by atoms with Gasteiger partial charge >= 0.3 is 5.97 Å². The van der Waals surface area contributed by atoms with Crippen LogP contribution >= 0.6 is 0 Å². The molecule has 3 atom stereocenters. The number of aromatic carboxylic acids is 1. The zero-order valence-corrected chi connectivity index (χ0v) is 14.7. The molecule has 0 bridgehead atoms. The number of allylic oxidation sites excluding steroid dienone is 2. The van der Waals surface area contributed by atoms with E-state index in [1.165, 1.54) is 5.56 Å². The maximum atomic E-state index is 11.1. The van der Waals surface area contributed by atoms with Crippen molar-refractivity contribution in [2.45, 2.75) is 18.4 Å². The van der Waals surface area contributed by atoms with E-state index in [9.17, 15) is 4.79 Å². The van der Waals surface area contributed by atoms with E-state index in [0.29, 0.717) is 11.5 Å². The van der Waals surface area contributed by atoms with Gasteiger partial charge in [0, 0.05) is 12.0 Å². The van der Waals surface area contributed by atoms with Gasteiger partial charge in [0.2, 0.25) is 0 Å². The predicted octanol–water partition coefficient (Wildman–Crippen LogP) is 4.23. The minimum atomic E-state index is -0.910. The summed E-state index contributed by atoms with van der Waals surface area (Å²) in [5.74, 6) is 1.28. The Hall–Kier alpha value is -2.95. The summed E-state index contributed by atoms with van der Waals surface area (Å²) in [6, 6.07) is 11.2. The molecular formula is C21H21NO4. The molecule has 0 radical (unpaired) electrons. The Labute approximate surface area is 152 Å². The summed E-state index contributed by atoms with van der Waals surface area (Å²) in [5, 5.41) is 12.8. The third kappa shape index (κ3) is 2.60. The van der Waals surface area contributed by atoms with Crippen molar-refractivity contribution in [2.24, 2.45) is 5.92 Å². The summed E-state index contributed by atoms with van der Waals surface area (Å²) in [7, 11) is 3.32. The number of carboxylic acid groups (broad SMARTS) is 1. The molecule has 4 rings (SSSR count). The van der Waals surface area contributed by atoms with Gasteiger partial charge in [-0.2, -0.15) is 0 Å². The Balaban J connectivity index is 1.77. The fourth-order valence-corrected chi connectivity index (χ4v) is 4.08. The maximum Gasteiger partial charge on any atom is 0.335 e. The Bertz CT molecular complexity index is 872. The van der Waals surface area contributed by atoms with Gasteiger partial charge in [-0.05, 0) is 41.7 Å². The Morgan fingerprint density at radius 3 is 2.58 bits per heavy atom. The van der Waals surface area contributed by atoms with Gasteiger partial charge in [-0.25, -0.2) is 4.79 Å². The number of carboxylic acids is 1. The highest BCUT2D eigenvalue weighted by Crippen LogP contribution is 2.53. The van der Waals surface area contributed by atoms with Crippen molar-refractivity contribution in [1.29, 1.82) is 0 Å². The van der Waals surface area contributed by atoms with E-state index in [4.69, 9.17) is 14.6 Å². The summed E-state index contributed by atoms with van der Waals surface area (Å²) in [6.07, 6.45) is 5.44. The first-order valence-corrected chi connectivity index (χ1v) is 8.64. The van der Waals surface area contributed by atoms with Gasteiger partial charge in [0.05, 0.1) is 31.5 Å². The lowest BCUT2D eigenvalue weighted by atomic mass is 9.76. The zero-order valence-electron chi connectivity index (χ0n) is 14.7. The van der Waals surface area contributed by atoms with Crippen molar-refractivity contribution in [3.63, 3.8) is 0 Å². The van der Waals surface area contributed by atoms with E-state index < -0.39 is 5.97 Å². The van der Waals surface area contributed by atoms with Crippen LogP contribution in [0.1, 0.15) is 39.9 Å². The van der Waals surface area contributed by atoms with E-state index >= 15 is 0 Å². The molecule has 2 aliphatic rings. The molecule has 0 unspecified atom stereocenters. The quantitative estimate of drug-likeness (QED) is 0.807. The molecule has 0 fully saturated rings. The number of ether oxygens (including phenoxy) is 2. The van der Waals surface area contributed by atoms with Gasteiger partial charge in [0.1, 0.15) is 11.5 Å². The second-order valence-corrected chi connectivity index (χ2v) is 6.70. The summed E-state index contributed by atoms with van der Waals surface area (Å²) in [6.45, 7) is 0. The normalized spacial score (nSPS) is 22.9. The van der Waals surface area contributed by atoms with Crippen molar-refractivity contribution >= 4 is 11.7 Å². The highest BCUT2D eigenvalue weighted by atomic mass is 16.5. The number of anilines is 1. The molecule has 0 aromatic heterocycles. The summed E-state index contributed by atoms with van der Waals surface area (Å²) in [5.41, 5.74) is 3.54. The van der Waals surface area contributed by atoms with Gasteiger partial charge in [-0.1, -0.05) is 24.3 Å². The number of methoxy groups -OCH3 is 2. The van der Waals surface area contributed by atoms with Crippen LogP contribution in [0.2, 0.25) is 0 Å². The molecule has 0 saturated heterocycles. The van der Waals surface area contributed by atoms with Crippen LogP contribution in [-0.2, 0) is 0 Å². The van der Waals surface area contributed by atoms with E-state index in [1.807, 2.05) is 18.2 Å². The molecule has 0 amide bonds. The van der Waals surface area contributed by atoms with Gasteiger partial charge in [-0.15, -0.1) is 0 Å². The number of benzene rings is 2. The average Bonchev–Trinajstić information content (AvgIpc) is 3.16. The third-order valence-corrected chi connectivity index (χ3v) is 5.38. The Morgan fingerprint density at radius 1 is 1.15 bits per heavy atom. The largest absolute Gasteiger partial charge is 0.497 e. The molecule has 2 aromatic rings. The lowest BCUT2D eigenvalue weighted by Crippen LogP contribution is -2.29. The minimum Gasteiger partial charge on any atom is -0.497 e. The first-order valence-electron chi connectivity index (χ1n) is 8.64. The summed E-state index contributed by atoms with van der Waals surface area (Å²) >= 11 is 0. The third-order valence-electron chi connectivity index (χ3n) is 5.38. The summed E-state index contributed by atoms with van der Waals surface area (Å²) < 4.78 is 11.0. The Kier molecular flexibility index (Phi) is 4.07. The molecule has 2 aromatic carbocycles. The highest BCUT2D eigenvalue weighted by Gasteiger charge is 2.39. The SMILES string of the molecule is COc1cc(OC)c2c(c1)[C@H]1C=CC[C@@H]1[C@@H](c1ccc(C(=O)O)cc1)N2. The molecule has 2 N–H and O–H groups in total. The van der Waals surface area contributed by atoms with Crippen LogP contribution in [0.3, 0.4) is 0 Å². The van der Waals surface area contributed by atoms with Crippen LogP contribution in [0.4, 0.5) is 5.69 Å². The number of rotatable bonds is 4. The average molecular weight is 351 g/mol. The van der Waals surface area contributed by atoms with Gasteiger partial charge in [0.15, 0.2) is 0 Å². The number of carbonyl (C=O) groups is 1. The monoisotopic (exact) mass is 351 g/mol. The molecule has 26 heavy (non-hydrogen) atoms. The molecule has 0 saturated carbocycles. The minimum absolute atomic E-state index is 0.0904. The van der Waals surface area contributed by atoms with Crippen LogP contribution < -0.4 is 14.8 Å². The van der Waals surface area contributed by atoms with Crippen LogP contribution in [0.5, 0.6) is 11.5 Å². The lowest BCUT2D eigenvalue weighted by molar-refractivity contribution is 0.0697. The number of hydrogen-bond donors (Lipinski definition) is 2. The smallest absolute Gasteiger partial charge is 0.335 e. The van der Waals surface area contributed by atoms with Crippen LogP contribution in [0.15, 0.2) is 48.6 Å². The fraction of sp³-hybridized carbons (Fsp3) is 0.286. The highest BCUT2D eigenvalue weighted by molar-refractivity contribution is 5.87. The molecule has 1 heterocycles. The molecular weight excluding hydrogens is 330 g/mol. The van der Waals surface area contributed by atoms with Gasteiger partial charge < -0.3 is 19.9 Å². The first kappa shape index (κ1) is 16.5. The van der Waals surface area contributed by atoms with E-state index in [-0.39, 0.29) is 12.0 Å². The first-order chi connectivity index (χ1) is 12.6. The van der Waals surface area contributed by atoms with Gasteiger partial charge in [0.25, 0.3) is 0 Å². The summed E-state index contributed by atoms with van der Waals surface area (Å²) in [4.78, 5) is 11.1. The van der Waals surface area contributed by atoms with Crippen molar-refractivity contribution < 1.29 is 19.4 Å².